The number of rotatable bonds is 2. The van der Waals surface area contributed by atoms with Crippen LogP contribution in [0.2, 0.25) is 0 Å². The van der Waals surface area contributed by atoms with Gasteiger partial charge in [0.2, 0.25) is 0 Å². The first-order valence-electron chi connectivity index (χ1n) is 6.69. The van der Waals surface area contributed by atoms with Crippen LogP contribution in [0.3, 0.4) is 0 Å². The summed E-state index contributed by atoms with van der Waals surface area (Å²) in [6.07, 6.45) is 2.11. The Morgan fingerprint density at radius 2 is 2.40 bits per heavy atom. The summed E-state index contributed by atoms with van der Waals surface area (Å²) in [6, 6.07) is 5.78. The molecule has 0 spiro atoms. The van der Waals surface area contributed by atoms with Crippen molar-refractivity contribution in [3.8, 4) is 0 Å². The second-order valence-electron chi connectivity index (χ2n) is 4.85. The van der Waals surface area contributed by atoms with Gasteiger partial charge in [-0.1, -0.05) is 6.07 Å². The van der Waals surface area contributed by atoms with Gasteiger partial charge < -0.3 is 15.4 Å². The van der Waals surface area contributed by atoms with Crippen molar-refractivity contribution in [3.05, 3.63) is 30.2 Å². The van der Waals surface area contributed by atoms with Crippen molar-refractivity contribution < 1.29 is 4.74 Å². The van der Waals surface area contributed by atoms with Gasteiger partial charge in [0.15, 0.2) is 17.4 Å². The summed E-state index contributed by atoms with van der Waals surface area (Å²) in [5, 5.41) is 8.22. The number of hydrogen-bond acceptors (Lipinski definition) is 4. The van der Waals surface area contributed by atoms with Crippen molar-refractivity contribution in [2.24, 2.45) is 10.7 Å². The van der Waals surface area contributed by atoms with Crippen LogP contribution in [0, 0.1) is 0 Å². The van der Waals surface area contributed by atoms with Gasteiger partial charge in [-0.25, -0.2) is 4.99 Å². The lowest BCUT2D eigenvalue weighted by molar-refractivity contribution is 0.00528. The molecule has 0 bridgehead atoms. The lowest BCUT2D eigenvalue weighted by atomic mass is 10.3. The molecule has 1 unspecified atom stereocenters. The molecular formula is C13H18N6O. The summed E-state index contributed by atoms with van der Waals surface area (Å²) in [6.45, 7) is 4.69. The maximum absolute atomic E-state index is 6.03. The molecule has 0 amide bonds. The standard InChI is InChI=1S/C13H18N6O/c1-10-9-18(6-7-20-10)13(14)15-8-12-17-16-11-4-2-3-5-19(11)12/h2-5,10H,6-9H2,1H3,(H2,14,15). The van der Waals surface area contributed by atoms with E-state index in [-0.39, 0.29) is 6.10 Å². The number of guanidine groups is 1. The molecule has 7 heteroatoms. The van der Waals surface area contributed by atoms with Crippen LogP contribution in [-0.2, 0) is 11.3 Å². The predicted octanol–water partition coefficient (Wildman–Crippen LogP) is 0.265. The van der Waals surface area contributed by atoms with Crippen LogP contribution in [0.25, 0.3) is 5.65 Å². The van der Waals surface area contributed by atoms with E-state index in [1.54, 1.807) is 0 Å². The molecular weight excluding hydrogens is 256 g/mol. The van der Waals surface area contributed by atoms with E-state index in [2.05, 4.69) is 15.2 Å². The zero-order valence-electron chi connectivity index (χ0n) is 11.4. The third-order valence-electron chi connectivity index (χ3n) is 3.33. The van der Waals surface area contributed by atoms with Gasteiger partial charge in [-0.05, 0) is 19.1 Å². The molecule has 0 aromatic carbocycles. The highest BCUT2D eigenvalue weighted by molar-refractivity contribution is 5.78. The molecule has 20 heavy (non-hydrogen) atoms. The van der Waals surface area contributed by atoms with Crippen LogP contribution in [0.5, 0.6) is 0 Å². The topological polar surface area (TPSA) is 81.0 Å². The summed E-state index contributed by atoms with van der Waals surface area (Å²) < 4.78 is 7.40. The van der Waals surface area contributed by atoms with Gasteiger partial charge in [0, 0.05) is 19.3 Å². The van der Waals surface area contributed by atoms with Crippen molar-refractivity contribution in [2.75, 3.05) is 19.7 Å². The fraction of sp³-hybridized carbons (Fsp3) is 0.462. The molecule has 1 aliphatic heterocycles. The summed E-state index contributed by atoms with van der Waals surface area (Å²) in [4.78, 5) is 6.46. The van der Waals surface area contributed by atoms with Gasteiger partial charge in [-0.3, -0.25) is 4.40 Å². The Labute approximate surface area is 117 Å². The number of morpholine rings is 1. The Hall–Kier alpha value is -2.15. The largest absolute Gasteiger partial charge is 0.375 e. The number of nitrogens with two attached hydrogens (primary N) is 1. The monoisotopic (exact) mass is 274 g/mol. The van der Waals surface area contributed by atoms with E-state index < -0.39 is 0 Å². The minimum absolute atomic E-state index is 0.187. The highest BCUT2D eigenvalue weighted by atomic mass is 16.5. The molecule has 1 saturated heterocycles. The van der Waals surface area contributed by atoms with Crippen molar-refractivity contribution >= 4 is 11.6 Å². The average Bonchev–Trinajstić information content (AvgIpc) is 2.88. The van der Waals surface area contributed by atoms with Crippen LogP contribution in [0.15, 0.2) is 29.4 Å². The van der Waals surface area contributed by atoms with Crippen LogP contribution < -0.4 is 5.73 Å². The van der Waals surface area contributed by atoms with E-state index >= 15 is 0 Å². The van der Waals surface area contributed by atoms with E-state index in [9.17, 15) is 0 Å². The average molecular weight is 274 g/mol. The first kappa shape index (κ1) is 12.9. The molecule has 2 aromatic rings. The van der Waals surface area contributed by atoms with Gasteiger partial charge >= 0.3 is 0 Å². The fourth-order valence-corrected chi connectivity index (χ4v) is 2.28. The Kier molecular flexibility index (Phi) is 3.51. The molecule has 2 N–H and O–H groups in total. The SMILES string of the molecule is CC1CN(C(N)=NCc2nnc3ccccn23)CCO1. The molecule has 2 aromatic heterocycles. The lowest BCUT2D eigenvalue weighted by Crippen LogP contribution is -2.47. The van der Waals surface area contributed by atoms with Crippen LogP contribution in [0.4, 0.5) is 0 Å². The molecule has 0 aliphatic carbocycles. The van der Waals surface area contributed by atoms with E-state index in [4.69, 9.17) is 10.5 Å². The van der Waals surface area contributed by atoms with E-state index in [0.717, 1.165) is 24.6 Å². The first-order valence-corrected chi connectivity index (χ1v) is 6.69. The van der Waals surface area contributed by atoms with Gasteiger partial charge in [0.05, 0.1) is 12.7 Å². The Morgan fingerprint density at radius 3 is 3.25 bits per heavy atom. The normalized spacial score (nSPS) is 20.6. The molecule has 0 radical (unpaired) electrons. The quantitative estimate of drug-likeness (QED) is 0.628. The predicted molar refractivity (Wildman–Crippen MR) is 75.3 cm³/mol. The van der Waals surface area contributed by atoms with Crippen LogP contribution in [0.1, 0.15) is 12.7 Å². The smallest absolute Gasteiger partial charge is 0.191 e. The number of aliphatic imine (C=N–C) groups is 1. The molecule has 1 atom stereocenters. The number of fused-ring (bicyclic) bond motifs is 1. The maximum Gasteiger partial charge on any atom is 0.191 e. The fourth-order valence-electron chi connectivity index (χ4n) is 2.28. The summed E-state index contributed by atoms with van der Waals surface area (Å²) in [7, 11) is 0. The maximum atomic E-state index is 6.03. The zero-order chi connectivity index (χ0) is 13.9. The lowest BCUT2D eigenvalue weighted by Gasteiger charge is -2.31. The van der Waals surface area contributed by atoms with Crippen LogP contribution >= 0.6 is 0 Å². The first-order chi connectivity index (χ1) is 9.74. The number of hydrogen-bond donors (Lipinski definition) is 1. The molecule has 106 valence electrons. The second kappa shape index (κ2) is 5.46. The van der Waals surface area contributed by atoms with Gasteiger partial charge in [0.25, 0.3) is 0 Å². The number of pyridine rings is 1. The summed E-state index contributed by atoms with van der Waals surface area (Å²) in [5.74, 6) is 1.32. The molecule has 1 aliphatic rings. The van der Waals surface area contributed by atoms with Gasteiger partial charge in [0.1, 0.15) is 6.54 Å². The molecule has 7 nitrogen and oxygen atoms in total. The minimum atomic E-state index is 0.187. The Bertz CT molecular complexity index is 622. The third-order valence-corrected chi connectivity index (χ3v) is 3.33. The Balaban J connectivity index is 1.73. The second-order valence-corrected chi connectivity index (χ2v) is 4.85. The molecule has 3 heterocycles. The minimum Gasteiger partial charge on any atom is -0.375 e. The molecule has 1 fully saturated rings. The van der Waals surface area contributed by atoms with Crippen molar-refractivity contribution in [3.63, 3.8) is 0 Å². The van der Waals surface area contributed by atoms with E-state index in [1.165, 1.54) is 0 Å². The van der Waals surface area contributed by atoms with E-state index in [1.807, 2.05) is 40.6 Å². The number of aromatic nitrogens is 3. The third kappa shape index (κ3) is 2.57. The number of nitrogens with zero attached hydrogens (tertiary/aromatic N) is 5. The highest BCUT2D eigenvalue weighted by Crippen LogP contribution is 2.06. The van der Waals surface area contributed by atoms with Crippen molar-refractivity contribution in [1.82, 2.24) is 19.5 Å². The highest BCUT2D eigenvalue weighted by Gasteiger charge is 2.18. The summed E-state index contributed by atoms with van der Waals surface area (Å²) in [5.41, 5.74) is 6.85. The van der Waals surface area contributed by atoms with E-state index in [0.29, 0.717) is 19.1 Å². The van der Waals surface area contributed by atoms with Crippen molar-refractivity contribution in [2.45, 2.75) is 19.6 Å². The summed E-state index contributed by atoms with van der Waals surface area (Å²) >= 11 is 0. The molecule has 3 rings (SSSR count). The number of ether oxygens (including phenoxy) is 1. The zero-order valence-corrected chi connectivity index (χ0v) is 11.4. The molecule has 0 saturated carbocycles. The van der Waals surface area contributed by atoms with Gasteiger partial charge in [-0.15, -0.1) is 10.2 Å². The van der Waals surface area contributed by atoms with Crippen LogP contribution in [-0.4, -0.2) is 51.3 Å². The van der Waals surface area contributed by atoms with Crippen molar-refractivity contribution in [1.29, 1.82) is 0 Å². The Morgan fingerprint density at radius 1 is 1.50 bits per heavy atom. The van der Waals surface area contributed by atoms with Gasteiger partial charge in [-0.2, -0.15) is 0 Å².